The molecule has 0 aromatic carbocycles. The smallest absolute Gasteiger partial charge is 0.220 e. The van der Waals surface area contributed by atoms with E-state index in [9.17, 15) is 4.79 Å². The van der Waals surface area contributed by atoms with Crippen LogP contribution in [0.4, 0.5) is 0 Å². The Balaban J connectivity index is 3.06. The number of halogens is 1. The van der Waals surface area contributed by atoms with E-state index in [1.54, 1.807) is 0 Å². The molecule has 0 fully saturated rings. The van der Waals surface area contributed by atoms with E-state index in [1.165, 1.54) is 0 Å². The molecule has 1 amide bonds. The van der Waals surface area contributed by atoms with Crippen LogP contribution in [0.5, 0.6) is 0 Å². The van der Waals surface area contributed by atoms with Gasteiger partial charge in [0.25, 0.3) is 0 Å². The summed E-state index contributed by atoms with van der Waals surface area (Å²) in [5.74, 6) is 0.0301. The molecule has 2 nitrogen and oxygen atoms in total. The molecule has 0 radical (unpaired) electrons. The van der Waals surface area contributed by atoms with Gasteiger partial charge in [0.2, 0.25) is 5.91 Å². The van der Waals surface area contributed by atoms with Gasteiger partial charge in [-0.3, -0.25) is 4.79 Å². The monoisotopic (exact) mass is 135 g/mol. The molecule has 0 saturated carbocycles. The molecule has 0 heterocycles. The average molecular weight is 136 g/mol. The van der Waals surface area contributed by atoms with Gasteiger partial charge in [0.1, 0.15) is 0 Å². The summed E-state index contributed by atoms with van der Waals surface area (Å²) >= 11 is 5.20. The van der Waals surface area contributed by atoms with Crippen LogP contribution in [0.15, 0.2) is 0 Å². The second-order valence-electron chi connectivity index (χ2n) is 1.48. The zero-order chi connectivity index (χ0) is 6.41. The normalized spacial score (nSPS) is 8.75. The van der Waals surface area contributed by atoms with Gasteiger partial charge in [0.05, 0.1) is 6.00 Å². The van der Waals surface area contributed by atoms with Crippen molar-refractivity contribution >= 4 is 17.5 Å². The summed E-state index contributed by atoms with van der Waals surface area (Å²) in [6, 6.07) is 0.221. The first-order valence-electron chi connectivity index (χ1n) is 2.64. The summed E-state index contributed by atoms with van der Waals surface area (Å²) in [6.07, 6.45) is 1.45. The van der Waals surface area contributed by atoms with Crippen LogP contribution in [0.25, 0.3) is 0 Å². The number of amides is 1. The molecule has 0 bridgehead atoms. The molecule has 8 heavy (non-hydrogen) atoms. The topological polar surface area (TPSA) is 29.1 Å². The highest BCUT2D eigenvalue weighted by molar-refractivity contribution is 6.18. The van der Waals surface area contributed by atoms with E-state index in [2.05, 4.69) is 5.32 Å². The maximum absolute atomic E-state index is 10.4. The zero-order valence-corrected chi connectivity index (χ0v) is 5.66. The van der Waals surface area contributed by atoms with E-state index in [0.29, 0.717) is 6.42 Å². The third-order valence-electron chi connectivity index (χ3n) is 0.741. The quantitative estimate of drug-likeness (QED) is 0.456. The van der Waals surface area contributed by atoms with Crippen molar-refractivity contribution in [1.29, 1.82) is 0 Å². The van der Waals surface area contributed by atoms with Crippen LogP contribution in [0.1, 0.15) is 19.8 Å². The second-order valence-corrected chi connectivity index (χ2v) is 1.75. The fourth-order valence-electron chi connectivity index (χ4n) is 0.390. The number of alkyl halides is 1. The molecule has 0 rings (SSSR count). The number of carbonyl (C=O) groups excluding carboxylic acids is 1. The first-order valence-corrected chi connectivity index (χ1v) is 3.17. The van der Waals surface area contributed by atoms with E-state index in [-0.39, 0.29) is 11.9 Å². The van der Waals surface area contributed by atoms with Crippen molar-refractivity contribution < 1.29 is 4.79 Å². The van der Waals surface area contributed by atoms with E-state index in [1.807, 2.05) is 6.92 Å². The highest BCUT2D eigenvalue weighted by Crippen LogP contribution is 1.84. The molecule has 0 saturated heterocycles. The lowest BCUT2D eigenvalue weighted by Crippen LogP contribution is -2.20. The summed E-state index contributed by atoms with van der Waals surface area (Å²) in [4.78, 5) is 10.4. The number of nitrogens with one attached hydrogen (secondary N) is 1. The van der Waals surface area contributed by atoms with Crippen molar-refractivity contribution in [3.05, 3.63) is 0 Å². The Bertz CT molecular complexity index is 66.8. The molecule has 0 aliphatic heterocycles. The minimum atomic E-state index is 0.0301. The minimum absolute atomic E-state index is 0.0301. The summed E-state index contributed by atoms with van der Waals surface area (Å²) in [7, 11) is 0. The van der Waals surface area contributed by atoms with Crippen molar-refractivity contribution in [3.63, 3.8) is 0 Å². The standard InChI is InChI=1S/C5H10ClNO/c1-2-3-5(8)7-4-6/h2-4H2,1H3,(H,7,8). The second kappa shape index (κ2) is 4.91. The first-order chi connectivity index (χ1) is 3.81. The van der Waals surface area contributed by atoms with Crippen LogP contribution in [-0.4, -0.2) is 11.9 Å². The molecular formula is C5H10ClNO. The Kier molecular flexibility index (Phi) is 4.76. The van der Waals surface area contributed by atoms with Crippen molar-refractivity contribution in [2.45, 2.75) is 19.8 Å². The van der Waals surface area contributed by atoms with Gasteiger partial charge in [-0.2, -0.15) is 0 Å². The Labute approximate surface area is 54.2 Å². The summed E-state index contributed by atoms with van der Waals surface area (Å²) in [5, 5.41) is 2.47. The molecule has 1 N–H and O–H groups in total. The van der Waals surface area contributed by atoms with E-state index in [0.717, 1.165) is 6.42 Å². The third kappa shape index (κ3) is 3.93. The van der Waals surface area contributed by atoms with Crippen molar-refractivity contribution in [2.24, 2.45) is 0 Å². The maximum atomic E-state index is 10.4. The van der Waals surface area contributed by atoms with Crippen molar-refractivity contribution in [2.75, 3.05) is 6.00 Å². The lowest BCUT2D eigenvalue weighted by Gasteiger charge is -1.95. The Morgan fingerprint density at radius 1 is 1.75 bits per heavy atom. The molecule has 0 aliphatic rings. The number of hydrogen-bond donors (Lipinski definition) is 1. The Morgan fingerprint density at radius 3 is 2.75 bits per heavy atom. The molecule has 0 aromatic rings. The number of rotatable bonds is 3. The zero-order valence-electron chi connectivity index (χ0n) is 4.91. The largest absolute Gasteiger partial charge is 0.343 e. The van der Waals surface area contributed by atoms with Gasteiger partial charge >= 0.3 is 0 Å². The van der Waals surface area contributed by atoms with Crippen LogP contribution in [0.2, 0.25) is 0 Å². The summed E-state index contributed by atoms with van der Waals surface area (Å²) < 4.78 is 0. The predicted octanol–water partition coefficient (Wildman–Crippen LogP) is 1.10. The molecule has 0 atom stereocenters. The molecule has 0 aliphatic carbocycles. The summed E-state index contributed by atoms with van der Waals surface area (Å²) in [5.41, 5.74) is 0. The SMILES string of the molecule is CCCC(=O)NCCl. The highest BCUT2D eigenvalue weighted by Gasteiger charge is 1.93. The van der Waals surface area contributed by atoms with E-state index in [4.69, 9.17) is 11.6 Å². The fourth-order valence-corrected chi connectivity index (χ4v) is 0.539. The predicted molar refractivity (Wildman–Crippen MR) is 33.8 cm³/mol. The molecule has 0 unspecified atom stereocenters. The lowest BCUT2D eigenvalue weighted by molar-refractivity contribution is -0.120. The molecular weight excluding hydrogens is 126 g/mol. The fraction of sp³-hybridized carbons (Fsp3) is 0.800. The molecule has 0 aromatic heterocycles. The summed E-state index contributed by atoms with van der Waals surface area (Å²) in [6.45, 7) is 1.95. The van der Waals surface area contributed by atoms with Crippen LogP contribution in [-0.2, 0) is 4.79 Å². The average Bonchev–Trinajstić information content (AvgIpc) is 1.68. The van der Waals surface area contributed by atoms with Crippen LogP contribution in [0.3, 0.4) is 0 Å². The van der Waals surface area contributed by atoms with Crippen molar-refractivity contribution in [3.8, 4) is 0 Å². The molecule has 0 spiro atoms. The molecule has 3 heteroatoms. The van der Waals surface area contributed by atoms with E-state index >= 15 is 0 Å². The third-order valence-corrected chi connectivity index (χ3v) is 0.875. The highest BCUT2D eigenvalue weighted by atomic mass is 35.5. The van der Waals surface area contributed by atoms with Gasteiger partial charge in [-0.15, -0.1) is 11.6 Å². The van der Waals surface area contributed by atoms with Gasteiger partial charge in [0, 0.05) is 6.42 Å². The minimum Gasteiger partial charge on any atom is -0.343 e. The Morgan fingerprint density at radius 2 is 2.38 bits per heavy atom. The Hall–Kier alpha value is -0.240. The maximum Gasteiger partial charge on any atom is 0.220 e. The van der Waals surface area contributed by atoms with Gasteiger partial charge in [0.15, 0.2) is 0 Å². The number of carbonyl (C=O) groups is 1. The van der Waals surface area contributed by atoms with Gasteiger partial charge in [-0.1, -0.05) is 6.92 Å². The van der Waals surface area contributed by atoms with Crippen molar-refractivity contribution in [1.82, 2.24) is 5.32 Å². The van der Waals surface area contributed by atoms with Gasteiger partial charge < -0.3 is 5.32 Å². The first kappa shape index (κ1) is 7.76. The van der Waals surface area contributed by atoms with Crippen LogP contribution >= 0.6 is 11.6 Å². The van der Waals surface area contributed by atoms with Gasteiger partial charge in [-0.25, -0.2) is 0 Å². The van der Waals surface area contributed by atoms with Gasteiger partial charge in [-0.05, 0) is 6.42 Å². The lowest BCUT2D eigenvalue weighted by atomic mass is 10.3. The molecule has 48 valence electrons. The van der Waals surface area contributed by atoms with E-state index < -0.39 is 0 Å². The van der Waals surface area contributed by atoms with Crippen LogP contribution < -0.4 is 5.32 Å². The van der Waals surface area contributed by atoms with Crippen LogP contribution in [0, 0.1) is 0 Å². The number of hydrogen-bond acceptors (Lipinski definition) is 1.